The second-order valence-electron chi connectivity index (χ2n) is 5.64. The van der Waals surface area contributed by atoms with E-state index >= 15 is 0 Å². The maximum atomic E-state index is 4.20. The van der Waals surface area contributed by atoms with Crippen molar-refractivity contribution < 1.29 is 0 Å². The van der Waals surface area contributed by atoms with Crippen molar-refractivity contribution in [2.45, 2.75) is 31.8 Å². The van der Waals surface area contributed by atoms with E-state index in [4.69, 9.17) is 0 Å². The zero-order valence-electron chi connectivity index (χ0n) is 12.4. The van der Waals surface area contributed by atoms with E-state index in [1.54, 1.807) is 0 Å². The fourth-order valence-corrected chi connectivity index (χ4v) is 2.94. The van der Waals surface area contributed by atoms with E-state index in [0.717, 1.165) is 13.1 Å². The SMILES string of the molecule is C[C@@H](NC1CCN(c2ccncc2)CC1)c1cccnc1. The summed E-state index contributed by atoms with van der Waals surface area (Å²) >= 11 is 0. The van der Waals surface area contributed by atoms with Gasteiger partial charge in [0.25, 0.3) is 0 Å². The maximum absolute atomic E-state index is 4.20. The molecule has 1 fully saturated rings. The number of anilines is 1. The van der Waals surface area contributed by atoms with Crippen LogP contribution in [-0.2, 0) is 0 Å². The van der Waals surface area contributed by atoms with E-state index in [2.05, 4.69) is 45.3 Å². The van der Waals surface area contributed by atoms with Crippen LogP contribution >= 0.6 is 0 Å². The van der Waals surface area contributed by atoms with Crippen LogP contribution in [0.25, 0.3) is 0 Å². The van der Waals surface area contributed by atoms with Crippen LogP contribution in [0.3, 0.4) is 0 Å². The van der Waals surface area contributed by atoms with Crippen molar-refractivity contribution in [3.05, 3.63) is 54.6 Å². The van der Waals surface area contributed by atoms with Gasteiger partial charge >= 0.3 is 0 Å². The minimum absolute atomic E-state index is 0.358. The van der Waals surface area contributed by atoms with E-state index in [1.165, 1.54) is 24.1 Å². The summed E-state index contributed by atoms with van der Waals surface area (Å²) in [5.41, 5.74) is 2.54. The summed E-state index contributed by atoms with van der Waals surface area (Å²) in [6.45, 7) is 4.41. The predicted octanol–water partition coefficient (Wildman–Crippen LogP) is 2.80. The third-order valence-corrected chi connectivity index (χ3v) is 4.19. The normalized spacial score (nSPS) is 17.7. The fraction of sp³-hybridized carbons (Fsp3) is 0.412. The minimum Gasteiger partial charge on any atom is -0.371 e. The molecule has 0 spiro atoms. The molecular weight excluding hydrogens is 260 g/mol. The first-order chi connectivity index (χ1) is 10.3. The number of aromatic nitrogens is 2. The number of nitrogens with zero attached hydrogens (tertiary/aromatic N) is 3. The number of hydrogen-bond donors (Lipinski definition) is 1. The molecule has 1 saturated heterocycles. The van der Waals surface area contributed by atoms with Gasteiger partial charge in [-0.05, 0) is 43.5 Å². The fourth-order valence-electron chi connectivity index (χ4n) is 2.94. The summed E-state index contributed by atoms with van der Waals surface area (Å²) in [7, 11) is 0. The lowest BCUT2D eigenvalue weighted by atomic mass is 10.0. The number of piperidine rings is 1. The Labute approximate surface area is 126 Å². The average Bonchev–Trinajstić information content (AvgIpc) is 2.57. The molecule has 4 heteroatoms. The summed E-state index contributed by atoms with van der Waals surface area (Å²) in [6.07, 6.45) is 9.85. The van der Waals surface area contributed by atoms with Crippen LogP contribution < -0.4 is 10.2 Å². The van der Waals surface area contributed by atoms with Crippen LogP contribution in [0.15, 0.2) is 49.1 Å². The summed E-state index contributed by atoms with van der Waals surface area (Å²) in [4.78, 5) is 10.7. The smallest absolute Gasteiger partial charge is 0.0397 e. The van der Waals surface area contributed by atoms with E-state index in [0.29, 0.717) is 12.1 Å². The second-order valence-corrected chi connectivity index (χ2v) is 5.64. The van der Waals surface area contributed by atoms with Gasteiger partial charge in [-0.3, -0.25) is 9.97 Å². The Morgan fingerprint density at radius 3 is 2.52 bits per heavy atom. The van der Waals surface area contributed by atoms with Crippen molar-refractivity contribution in [2.75, 3.05) is 18.0 Å². The molecule has 1 aliphatic rings. The highest BCUT2D eigenvalue weighted by atomic mass is 15.1. The van der Waals surface area contributed by atoms with Crippen molar-refractivity contribution in [2.24, 2.45) is 0 Å². The van der Waals surface area contributed by atoms with Crippen molar-refractivity contribution >= 4 is 5.69 Å². The first-order valence-electron chi connectivity index (χ1n) is 7.64. The summed E-state index contributed by atoms with van der Waals surface area (Å²) in [6, 6.07) is 9.25. The third kappa shape index (κ3) is 3.58. The molecule has 0 unspecified atom stereocenters. The quantitative estimate of drug-likeness (QED) is 0.936. The van der Waals surface area contributed by atoms with Crippen LogP contribution in [0.2, 0.25) is 0 Å². The number of rotatable bonds is 4. The molecule has 4 nitrogen and oxygen atoms in total. The number of pyridine rings is 2. The first-order valence-corrected chi connectivity index (χ1v) is 7.64. The van der Waals surface area contributed by atoms with Gasteiger partial charge in [0, 0.05) is 55.6 Å². The summed E-state index contributed by atoms with van der Waals surface area (Å²) in [5.74, 6) is 0. The topological polar surface area (TPSA) is 41.0 Å². The maximum Gasteiger partial charge on any atom is 0.0397 e. The Bertz CT molecular complexity index is 535. The Morgan fingerprint density at radius 2 is 1.86 bits per heavy atom. The van der Waals surface area contributed by atoms with E-state index < -0.39 is 0 Å². The molecule has 3 heterocycles. The molecule has 0 radical (unpaired) electrons. The molecule has 2 aromatic heterocycles. The first kappa shape index (κ1) is 14.0. The molecule has 3 rings (SSSR count). The molecule has 0 aromatic carbocycles. The van der Waals surface area contributed by atoms with Crippen molar-refractivity contribution in [3.63, 3.8) is 0 Å². The standard InChI is InChI=1S/C17H22N4/c1-14(15-3-2-8-19-13-15)20-16-6-11-21(12-7-16)17-4-9-18-10-5-17/h2-5,8-10,13-14,16,20H,6-7,11-12H2,1H3/t14-/m1/s1. The van der Waals surface area contributed by atoms with Gasteiger partial charge < -0.3 is 10.2 Å². The molecule has 0 saturated carbocycles. The molecule has 0 amide bonds. The predicted molar refractivity (Wildman–Crippen MR) is 85.3 cm³/mol. The largest absolute Gasteiger partial charge is 0.371 e. The van der Waals surface area contributed by atoms with Crippen LogP contribution in [-0.4, -0.2) is 29.1 Å². The molecule has 1 atom stereocenters. The lowest BCUT2D eigenvalue weighted by Gasteiger charge is -2.35. The van der Waals surface area contributed by atoms with Gasteiger partial charge in [-0.25, -0.2) is 0 Å². The van der Waals surface area contributed by atoms with Gasteiger partial charge in [0.15, 0.2) is 0 Å². The zero-order chi connectivity index (χ0) is 14.5. The van der Waals surface area contributed by atoms with Crippen LogP contribution in [0.1, 0.15) is 31.4 Å². The Kier molecular flexibility index (Phi) is 4.46. The number of nitrogens with one attached hydrogen (secondary N) is 1. The van der Waals surface area contributed by atoms with Gasteiger partial charge in [0.05, 0.1) is 0 Å². The van der Waals surface area contributed by atoms with Gasteiger partial charge in [-0.1, -0.05) is 6.07 Å². The molecule has 0 aliphatic carbocycles. The minimum atomic E-state index is 0.358. The molecule has 21 heavy (non-hydrogen) atoms. The van der Waals surface area contributed by atoms with Gasteiger partial charge in [-0.2, -0.15) is 0 Å². The third-order valence-electron chi connectivity index (χ3n) is 4.19. The van der Waals surface area contributed by atoms with Crippen molar-refractivity contribution in [3.8, 4) is 0 Å². The molecular formula is C17H22N4. The van der Waals surface area contributed by atoms with E-state index in [-0.39, 0.29) is 0 Å². The lowest BCUT2D eigenvalue weighted by molar-refractivity contribution is 0.380. The highest BCUT2D eigenvalue weighted by molar-refractivity contribution is 5.44. The summed E-state index contributed by atoms with van der Waals surface area (Å²) < 4.78 is 0. The second kappa shape index (κ2) is 6.68. The molecule has 110 valence electrons. The Morgan fingerprint density at radius 1 is 1.10 bits per heavy atom. The highest BCUT2D eigenvalue weighted by Crippen LogP contribution is 2.21. The molecule has 0 bridgehead atoms. The average molecular weight is 282 g/mol. The van der Waals surface area contributed by atoms with Crippen LogP contribution in [0.5, 0.6) is 0 Å². The van der Waals surface area contributed by atoms with Crippen molar-refractivity contribution in [1.82, 2.24) is 15.3 Å². The van der Waals surface area contributed by atoms with E-state index in [1.807, 2.05) is 30.9 Å². The van der Waals surface area contributed by atoms with Crippen LogP contribution in [0, 0.1) is 0 Å². The number of hydrogen-bond acceptors (Lipinski definition) is 4. The zero-order valence-corrected chi connectivity index (χ0v) is 12.4. The molecule has 2 aromatic rings. The van der Waals surface area contributed by atoms with Gasteiger partial charge in [-0.15, -0.1) is 0 Å². The summed E-state index contributed by atoms with van der Waals surface area (Å²) in [5, 5.41) is 3.73. The van der Waals surface area contributed by atoms with Crippen molar-refractivity contribution in [1.29, 1.82) is 0 Å². The lowest BCUT2D eigenvalue weighted by Crippen LogP contribution is -2.43. The molecule has 1 aliphatic heterocycles. The van der Waals surface area contributed by atoms with Gasteiger partial charge in [0.2, 0.25) is 0 Å². The highest BCUT2D eigenvalue weighted by Gasteiger charge is 2.21. The van der Waals surface area contributed by atoms with Gasteiger partial charge in [0.1, 0.15) is 0 Å². The van der Waals surface area contributed by atoms with E-state index in [9.17, 15) is 0 Å². The van der Waals surface area contributed by atoms with Crippen LogP contribution in [0.4, 0.5) is 5.69 Å². The Hall–Kier alpha value is -1.94. The Balaban J connectivity index is 1.52. The molecule has 1 N–H and O–H groups in total. The monoisotopic (exact) mass is 282 g/mol.